The van der Waals surface area contributed by atoms with Crippen molar-refractivity contribution < 1.29 is 0 Å². The fraction of sp³-hybridized carbons (Fsp3) is 1.00. The lowest BCUT2D eigenvalue weighted by molar-refractivity contribution is 0.0963. The molecular weight excluding hydrogens is 232 g/mol. The van der Waals surface area contributed by atoms with Gasteiger partial charge in [0.25, 0.3) is 0 Å². The average Bonchev–Trinajstić information content (AvgIpc) is 2.35. The molecule has 2 fully saturated rings. The molecule has 2 aliphatic carbocycles. The van der Waals surface area contributed by atoms with E-state index >= 15 is 0 Å². The lowest BCUT2D eigenvalue weighted by Gasteiger charge is -2.42. The molecule has 0 aromatic heterocycles. The van der Waals surface area contributed by atoms with E-state index in [1.54, 1.807) is 0 Å². The van der Waals surface area contributed by atoms with Gasteiger partial charge in [-0.05, 0) is 64.0 Å². The van der Waals surface area contributed by atoms with E-state index in [9.17, 15) is 0 Å². The van der Waals surface area contributed by atoms with E-state index in [-0.39, 0.29) is 0 Å². The van der Waals surface area contributed by atoms with Gasteiger partial charge in [-0.1, -0.05) is 26.7 Å². The molecule has 0 amide bonds. The highest BCUT2D eigenvalue weighted by molar-refractivity contribution is 4.88. The third-order valence-corrected chi connectivity index (χ3v) is 5.55. The first-order valence-electron chi connectivity index (χ1n) is 8.68. The zero-order chi connectivity index (χ0) is 13.7. The van der Waals surface area contributed by atoms with Crippen LogP contribution < -0.4 is 5.32 Å². The molecule has 2 aliphatic rings. The maximum absolute atomic E-state index is 3.82. The van der Waals surface area contributed by atoms with Crippen molar-refractivity contribution in [2.75, 3.05) is 20.1 Å². The van der Waals surface area contributed by atoms with Gasteiger partial charge in [0.05, 0.1) is 0 Å². The van der Waals surface area contributed by atoms with Crippen LogP contribution in [0.15, 0.2) is 0 Å². The number of nitrogens with one attached hydrogen (secondary N) is 1. The molecule has 112 valence electrons. The second-order valence-corrected chi connectivity index (χ2v) is 6.93. The van der Waals surface area contributed by atoms with Crippen LogP contribution in [0, 0.1) is 11.8 Å². The van der Waals surface area contributed by atoms with Gasteiger partial charge < -0.3 is 10.2 Å². The van der Waals surface area contributed by atoms with Crippen LogP contribution in [0.4, 0.5) is 0 Å². The summed E-state index contributed by atoms with van der Waals surface area (Å²) in [5.74, 6) is 1.87. The second-order valence-electron chi connectivity index (χ2n) is 6.93. The Morgan fingerprint density at radius 2 is 1.89 bits per heavy atom. The van der Waals surface area contributed by atoms with Gasteiger partial charge in [0.2, 0.25) is 0 Å². The van der Waals surface area contributed by atoms with Gasteiger partial charge in [-0.25, -0.2) is 0 Å². The van der Waals surface area contributed by atoms with Gasteiger partial charge in [-0.3, -0.25) is 0 Å². The van der Waals surface area contributed by atoms with Crippen LogP contribution in [-0.4, -0.2) is 37.1 Å². The van der Waals surface area contributed by atoms with Crippen molar-refractivity contribution in [1.29, 1.82) is 0 Å². The maximum atomic E-state index is 3.82. The molecule has 2 rings (SSSR count). The van der Waals surface area contributed by atoms with Crippen LogP contribution in [0.3, 0.4) is 0 Å². The molecule has 0 bridgehead atoms. The van der Waals surface area contributed by atoms with Crippen molar-refractivity contribution in [2.24, 2.45) is 11.8 Å². The SMILES string of the molecule is CCCNC1CCC(CC)CC1CN(C)C1CCC1. The third-order valence-electron chi connectivity index (χ3n) is 5.55. The zero-order valence-corrected chi connectivity index (χ0v) is 13.3. The summed E-state index contributed by atoms with van der Waals surface area (Å²) < 4.78 is 0. The highest BCUT2D eigenvalue weighted by Gasteiger charge is 2.32. The first-order valence-corrected chi connectivity index (χ1v) is 8.68. The molecule has 0 heterocycles. The van der Waals surface area contributed by atoms with Crippen molar-refractivity contribution >= 4 is 0 Å². The largest absolute Gasteiger partial charge is 0.314 e. The molecule has 2 heteroatoms. The Morgan fingerprint density at radius 3 is 2.47 bits per heavy atom. The first kappa shape index (κ1) is 15.3. The molecule has 0 radical (unpaired) electrons. The predicted molar refractivity (Wildman–Crippen MR) is 83.5 cm³/mol. The summed E-state index contributed by atoms with van der Waals surface area (Å²) in [5, 5.41) is 3.82. The molecule has 0 aliphatic heterocycles. The van der Waals surface area contributed by atoms with Crippen LogP contribution >= 0.6 is 0 Å². The molecule has 0 spiro atoms. The van der Waals surface area contributed by atoms with Gasteiger partial charge in [0, 0.05) is 18.6 Å². The molecule has 2 saturated carbocycles. The highest BCUT2D eigenvalue weighted by Crippen LogP contribution is 2.33. The van der Waals surface area contributed by atoms with Crippen LogP contribution in [0.5, 0.6) is 0 Å². The second kappa shape index (κ2) is 7.64. The molecule has 0 aromatic carbocycles. The van der Waals surface area contributed by atoms with Crippen molar-refractivity contribution in [3.05, 3.63) is 0 Å². The molecule has 3 atom stereocenters. The Bertz CT molecular complexity index is 250. The van der Waals surface area contributed by atoms with Crippen LogP contribution in [0.1, 0.15) is 65.2 Å². The van der Waals surface area contributed by atoms with Crippen LogP contribution in [0.2, 0.25) is 0 Å². The monoisotopic (exact) mass is 266 g/mol. The van der Waals surface area contributed by atoms with Gasteiger partial charge in [-0.15, -0.1) is 0 Å². The van der Waals surface area contributed by atoms with E-state index < -0.39 is 0 Å². The van der Waals surface area contributed by atoms with E-state index in [4.69, 9.17) is 0 Å². The van der Waals surface area contributed by atoms with Crippen molar-refractivity contribution in [3.63, 3.8) is 0 Å². The summed E-state index contributed by atoms with van der Waals surface area (Å²) in [6, 6.07) is 1.68. The zero-order valence-electron chi connectivity index (χ0n) is 13.3. The van der Waals surface area contributed by atoms with Gasteiger partial charge >= 0.3 is 0 Å². The molecule has 2 nitrogen and oxygen atoms in total. The molecule has 1 N–H and O–H groups in total. The molecule has 3 unspecified atom stereocenters. The minimum atomic E-state index is 0.783. The van der Waals surface area contributed by atoms with Crippen LogP contribution in [-0.2, 0) is 0 Å². The Kier molecular flexibility index (Phi) is 6.15. The van der Waals surface area contributed by atoms with E-state index in [1.807, 2.05) is 0 Å². The normalized spacial score (nSPS) is 32.5. The number of hydrogen-bond acceptors (Lipinski definition) is 2. The Balaban J connectivity index is 1.85. The highest BCUT2D eigenvalue weighted by atomic mass is 15.1. The van der Waals surface area contributed by atoms with Crippen molar-refractivity contribution in [1.82, 2.24) is 10.2 Å². The van der Waals surface area contributed by atoms with Crippen LogP contribution in [0.25, 0.3) is 0 Å². The quantitative estimate of drug-likeness (QED) is 0.756. The van der Waals surface area contributed by atoms with Crippen molar-refractivity contribution in [3.8, 4) is 0 Å². The lowest BCUT2D eigenvalue weighted by atomic mass is 9.76. The van der Waals surface area contributed by atoms with Crippen molar-refractivity contribution in [2.45, 2.75) is 77.3 Å². The van der Waals surface area contributed by atoms with Gasteiger partial charge in [0.15, 0.2) is 0 Å². The Labute approximate surface area is 120 Å². The van der Waals surface area contributed by atoms with E-state index in [1.165, 1.54) is 64.5 Å². The maximum Gasteiger partial charge on any atom is 0.0108 e. The fourth-order valence-electron chi connectivity index (χ4n) is 3.88. The molecule has 0 saturated heterocycles. The Morgan fingerprint density at radius 1 is 1.11 bits per heavy atom. The average molecular weight is 266 g/mol. The summed E-state index contributed by atoms with van der Waals surface area (Å²) in [4.78, 5) is 2.66. The first-order chi connectivity index (χ1) is 9.24. The molecular formula is C17H34N2. The van der Waals surface area contributed by atoms with Gasteiger partial charge in [0.1, 0.15) is 0 Å². The number of hydrogen-bond donors (Lipinski definition) is 1. The Hall–Kier alpha value is -0.0800. The van der Waals surface area contributed by atoms with E-state index in [0.717, 1.165) is 23.9 Å². The summed E-state index contributed by atoms with van der Waals surface area (Å²) in [5.41, 5.74) is 0. The number of nitrogens with zero attached hydrogens (tertiary/aromatic N) is 1. The van der Waals surface area contributed by atoms with Gasteiger partial charge in [-0.2, -0.15) is 0 Å². The summed E-state index contributed by atoms with van der Waals surface area (Å²) in [7, 11) is 2.36. The summed E-state index contributed by atoms with van der Waals surface area (Å²) >= 11 is 0. The fourth-order valence-corrected chi connectivity index (χ4v) is 3.88. The smallest absolute Gasteiger partial charge is 0.0108 e. The van der Waals surface area contributed by atoms with E-state index in [2.05, 4.69) is 31.1 Å². The summed E-state index contributed by atoms with van der Waals surface area (Å²) in [6.45, 7) is 7.17. The minimum absolute atomic E-state index is 0.783. The van der Waals surface area contributed by atoms with E-state index in [0.29, 0.717) is 0 Å². The lowest BCUT2D eigenvalue weighted by Crippen LogP contribution is -2.48. The standard InChI is InChI=1S/C17H34N2/c1-4-11-18-17-10-9-14(5-2)12-15(17)13-19(3)16-7-6-8-16/h14-18H,4-13H2,1-3H3. The minimum Gasteiger partial charge on any atom is -0.314 e. The molecule has 0 aromatic rings. The third kappa shape index (κ3) is 4.19. The topological polar surface area (TPSA) is 15.3 Å². The molecule has 19 heavy (non-hydrogen) atoms. The summed E-state index contributed by atoms with van der Waals surface area (Å²) in [6.07, 6.45) is 11.3. The number of rotatable bonds is 7. The predicted octanol–water partition coefficient (Wildman–Crippen LogP) is 3.67.